The molecule has 3 aromatic rings. The van der Waals surface area contributed by atoms with E-state index < -0.39 is 0 Å². The first-order valence-electron chi connectivity index (χ1n) is 9.79. The number of hydrogen-bond donors (Lipinski definition) is 0. The minimum absolute atomic E-state index is 0.110. The largest absolute Gasteiger partial charge is 0.426 e. The van der Waals surface area contributed by atoms with E-state index in [2.05, 4.69) is 107 Å². The van der Waals surface area contributed by atoms with E-state index >= 15 is 0 Å². The summed E-state index contributed by atoms with van der Waals surface area (Å²) < 4.78 is 6.43. The van der Waals surface area contributed by atoms with Crippen LogP contribution in [-0.2, 0) is 4.65 Å². The molecular weight excluding hydrogens is 327 g/mol. The predicted molar refractivity (Wildman–Crippen MR) is 116 cm³/mol. The Morgan fingerprint density at radius 2 is 1.22 bits per heavy atom. The zero-order valence-electron chi connectivity index (χ0n) is 16.7. The summed E-state index contributed by atoms with van der Waals surface area (Å²) in [4.78, 5) is 0. The molecule has 0 amide bonds. The predicted octanol–water partition coefficient (Wildman–Crippen LogP) is 6.05. The van der Waals surface area contributed by atoms with Gasteiger partial charge in [-0.2, -0.15) is 0 Å². The minimum atomic E-state index is -0.110. The van der Waals surface area contributed by atoms with Crippen molar-refractivity contribution in [2.24, 2.45) is 5.41 Å². The first kappa shape index (κ1) is 18.1. The highest BCUT2D eigenvalue weighted by molar-refractivity contribution is 6.68. The molecule has 0 spiro atoms. The average Bonchev–Trinajstić information content (AvgIpc) is 2.90. The summed E-state index contributed by atoms with van der Waals surface area (Å²) in [5, 5.41) is 0. The lowest BCUT2D eigenvalue weighted by Crippen LogP contribution is -2.36. The second-order valence-corrected chi connectivity index (χ2v) is 8.78. The Hall–Kier alpha value is -2.32. The van der Waals surface area contributed by atoms with Gasteiger partial charge in [0.1, 0.15) is 0 Å². The van der Waals surface area contributed by atoms with Gasteiger partial charge >= 0.3 is 6.92 Å². The van der Waals surface area contributed by atoms with Crippen molar-refractivity contribution in [1.29, 1.82) is 0 Å². The van der Waals surface area contributed by atoms with Gasteiger partial charge in [-0.3, -0.25) is 0 Å². The fraction of sp³-hybridized carbons (Fsp3) is 0.280. The van der Waals surface area contributed by atoms with Gasteiger partial charge in [-0.25, -0.2) is 0 Å². The minimum Gasteiger partial charge on any atom is -0.426 e. The number of benzene rings is 3. The summed E-state index contributed by atoms with van der Waals surface area (Å²) in [6.07, 6.45) is 1.05. The van der Waals surface area contributed by atoms with Gasteiger partial charge in [-0.15, -0.1) is 0 Å². The first-order valence-corrected chi connectivity index (χ1v) is 9.79. The Bertz CT molecular complexity index is 927. The van der Waals surface area contributed by atoms with Crippen LogP contribution in [0.1, 0.15) is 27.7 Å². The van der Waals surface area contributed by atoms with Crippen LogP contribution in [-0.4, -0.2) is 12.5 Å². The Kier molecular flexibility index (Phi) is 4.48. The fourth-order valence-electron chi connectivity index (χ4n) is 3.88. The second-order valence-electron chi connectivity index (χ2n) is 8.78. The third-order valence-electron chi connectivity index (χ3n) is 6.32. The number of hydrogen-bond acceptors (Lipinski definition) is 1. The highest BCUT2D eigenvalue weighted by atomic mass is 16.5. The molecule has 1 nitrogen and oxygen atoms in total. The van der Waals surface area contributed by atoms with Crippen molar-refractivity contribution in [2.75, 3.05) is 0 Å². The molecule has 0 radical (unpaired) electrons. The topological polar surface area (TPSA) is 9.23 Å². The maximum absolute atomic E-state index is 6.43. The second kappa shape index (κ2) is 6.69. The average molecular weight is 354 g/mol. The van der Waals surface area contributed by atoms with Crippen molar-refractivity contribution in [2.45, 2.75) is 39.6 Å². The van der Waals surface area contributed by atoms with Crippen LogP contribution < -0.4 is 5.46 Å². The standard InChI is InChI=1S/C25H27BO/c1-24(2)18-26(27-25(24,3)4)23-15-9-14-22(17-23)21-13-8-12-20(16-21)19-10-6-5-7-11-19/h5-17H,18H2,1-4H3. The van der Waals surface area contributed by atoms with Gasteiger partial charge in [0.2, 0.25) is 0 Å². The third-order valence-corrected chi connectivity index (χ3v) is 6.32. The fourth-order valence-corrected chi connectivity index (χ4v) is 3.88. The van der Waals surface area contributed by atoms with Crippen molar-refractivity contribution in [1.82, 2.24) is 0 Å². The van der Waals surface area contributed by atoms with Crippen LogP contribution in [0.15, 0.2) is 78.9 Å². The van der Waals surface area contributed by atoms with Crippen LogP contribution in [0.25, 0.3) is 22.3 Å². The van der Waals surface area contributed by atoms with E-state index in [1.807, 2.05) is 0 Å². The molecule has 27 heavy (non-hydrogen) atoms. The Labute approximate surface area is 163 Å². The van der Waals surface area contributed by atoms with Crippen molar-refractivity contribution in [3.8, 4) is 22.3 Å². The molecule has 0 aromatic heterocycles. The zero-order valence-corrected chi connectivity index (χ0v) is 16.7. The van der Waals surface area contributed by atoms with E-state index in [1.165, 1.54) is 27.7 Å². The molecule has 2 heteroatoms. The molecule has 0 unspecified atom stereocenters. The summed E-state index contributed by atoms with van der Waals surface area (Å²) in [7, 11) is 0. The van der Waals surface area contributed by atoms with Crippen molar-refractivity contribution in [3.05, 3.63) is 78.9 Å². The van der Waals surface area contributed by atoms with Gasteiger partial charge in [-0.05, 0) is 59.4 Å². The first-order chi connectivity index (χ1) is 12.9. The van der Waals surface area contributed by atoms with Crippen molar-refractivity contribution in [3.63, 3.8) is 0 Å². The maximum Gasteiger partial charge on any atom is 0.327 e. The van der Waals surface area contributed by atoms with E-state index in [9.17, 15) is 0 Å². The molecule has 1 aliphatic heterocycles. The van der Waals surface area contributed by atoms with Crippen LogP contribution in [0.3, 0.4) is 0 Å². The molecule has 0 N–H and O–H groups in total. The van der Waals surface area contributed by atoms with Gasteiger partial charge in [-0.1, -0.05) is 86.6 Å². The van der Waals surface area contributed by atoms with Crippen LogP contribution in [0, 0.1) is 5.41 Å². The van der Waals surface area contributed by atoms with E-state index in [4.69, 9.17) is 4.65 Å². The molecule has 3 aromatic carbocycles. The lowest BCUT2D eigenvalue weighted by molar-refractivity contribution is 0.0375. The Morgan fingerprint density at radius 1 is 0.667 bits per heavy atom. The van der Waals surface area contributed by atoms with E-state index in [0.717, 1.165) is 6.32 Å². The molecule has 4 rings (SSSR count). The van der Waals surface area contributed by atoms with Gasteiger partial charge in [0, 0.05) is 0 Å². The van der Waals surface area contributed by atoms with Gasteiger partial charge in [0.05, 0.1) is 5.60 Å². The maximum atomic E-state index is 6.43. The highest BCUT2D eigenvalue weighted by Crippen LogP contribution is 2.45. The van der Waals surface area contributed by atoms with Crippen molar-refractivity contribution >= 4 is 12.4 Å². The lowest BCUT2D eigenvalue weighted by atomic mass is 9.54. The van der Waals surface area contributed by atoms with Gasteiger partial charge in [0.15, 0.2) is 0 Å². The summed E-state index contributed by atoms with van der Waals surface area (Å²) >= 11 is 0. The van der Waals surface area contributed by atoms with Crippen LogP contribution in [0.2, 0.25) is 6.32 Å². The lowest BCUT2D eigenvalue weighted by Gasteiger charge is -2.34. The molecule has 1 fully saturated rings. The summed E-state index contributed by atoms with van der Waals surface area (Å²) in [5.41, 5.74) is 6.32. The van der Waals surface area contributed by atoms with Gasteiger partial charge in [0.25, 0.3) is 0 Å². The van der Waals surface area contributed by atoms with Crippen molar-refractivity contribution < 1.29 is 4.65 Å². The monoisotopic (exact) mass is 354 g/mol. The third kappa shape index (κ3) is 3.47. The van der Waals surface area contributed by atoms with Crippen LogP contribution >= 0.6 is 0 Å². The molecule has 136 valence electrons. The Balaban J connectivity index is 1.66. The molecule has 1 saturated heterocycles. The quantitative estimate of drug-likeness (QED) is 0.520. The normalized spacial score (nSPS) is 17.9. The molecule has 1 heterocycles. The van der Waals surface area contributed by atoms with E-state index in [0.29, 0.717) is 0 Å². The van der Waals surface area contributed by atoms with E-state index in [-0.39, 0.29) is 17.9 Å². The molecule has 0 atom stereocenters. The molecule has 0 saturated carbocycles. The van der Waals surface area contributed by atoms with Gasteiger partial charge < -0.3 is 4.65 Å². The zero-order chi connectivity index (χ0) is 19.1. The summed E-state index contributed by atoms with van der Waals surface area (Å²) in [6.45, 7) is 9.19. The smallest absolute Gasteiger partial charge is 0.327 e. The molecular formula is C25H27BO. The Morgan fingerprint density at radius 3 is 1.85 bits per heavy atom. The number of rotatable bonds is 3. The van der Waals surface area contributed by atoms with E-state index in [1.54, 1.807) is 0 Å². The summed E-state index contributed by atoms with van der Waals surface area (Å²) in [6, 6.07) is 28.2. The van der Waals surface area contributed by atoms with Crippen LogP contribution in [0.5, 0.6) is 0 Å². The highest BCUT2D eigenvalue weighted by Gasteiger charge is 2.49. The van der Waals surface area contributed by atoms with Crippen LogP contribution in [0.4, 0.5) is 0 Å². The molecule has 1 aliphatic rings. The summed E-state index contributed by atoms with van der Waals surface area (Å²) in [5.74, 6) is 0. The molecule has 0 aliphatic carbocycles. The SMILES string of the molecule is CC1(C)CB(c2cccc(-c3cccc(-c4ccccc4)c3)c2)OC1(C)C. The molecule has 0 bridgehead atoms.